The van der Waals surface area contributed by atoms with Crippen molar-refractivity contribution >= 4 is 16.6 Å². The van der Waals surface area contributed by atoms with Crippen LogP contribution >= 0.6 is 0 Å². The Balaban J connectivity index is 2.44. The third kappa shape index (κ3) is 7.39. The maximum atomic E-state index is 10.9. The lowest BCUT2D eigenvalue weighted by Crippen LogP contribution is -2.60. The number of aliphatic hydroxyl groups is 1. The Hall–Kier alpha value is -0.546. The van der Waals surface area contributed by atoms with Crippen molar-refractivity contribution in [2.45, 2.75) is 154 Å². The average Bonchev–Trinajstić information content (AvgIpc) is 2.81. The van der Waals surface area contributed by atoms with E-state index >= 15 is 0 Å². The van der Waals surface area contributed by atoms with E-state index < -0.39 is 29.0 Å². The molecule has 7 heteroatoms. The van der Waals surface area contributed by atoms with Gasteiger partial charge in [-0.1, -0.05) is 113 Å². The lowest BCUT2D eigenvalue weighted by atomic mass is 10.0. The largest absolute Gasteiger partial charge is 0.413 e. The smallest absolute Gasteiger partial charge is 0.200 e. The first kappa shape index (κ1) is 33.7. The van der Waals surface area contributed by atoms with Crippen molar-refractivity contribution in [3.8, 4) is 0 Å². The van der Waals surface area contributed by atoms with Crippen LogP contribution in [0.5, 0.6) is 0 Å². The first-order valence-corrected chi connectivity index (χ1v) is 19.3. The van der Waals surface area contributed by atoms with Crippen LogP contribution < -0.4 is 0 Å². The van der Waals surface area contributed by atoms with Crippen molar-refractivity contribution in [3.05, 3.63) is 35.9 Å². The molecule has 1 N–H and O–H groups in total. The minimum atomic E-state index is -2.22. The second kappa shape index (κ2) is 14.4. The predicted octanol–water partition coefficient (Wildman–Crippen LogP) is 8.43. The Morgan fingerprint density at radius 3 is 1.68 bits per heavy atom. The van der Waals surface area contributed by atoms with Crippen molar-refractivity contribution in [2.24, 2.45) is 0 Å². The lowest BCUT2D eigenvalue weighted by molar-refractivity contribution is -0.248. The summed E-state index contributed by atoms with van der Waals surface area (Å²) in [5, 5.41) is 10.9. The van der Waals surface area contributed by atoms with Gasteiger partial charge in [-0.3, -0.25) is 0 Å². The molecular weight excluding hydrogens is 509 g/mol. The van der Waals surface area contributed by atoms with Crippen molar-refractivity contribution in [2.75, 3.05) is 6.61 Å². The molecular formula is C31H58O5Si2. The van der Waals surface area contributed by atoms with Crippen molar-refractivity contribution in [1.82, 2.24) is 0 Å². The van der Waals surface area contributed by atoms with Gasteiger partial charge in [-0.2, -0.15) is 0 Å². The number of hydrogen-bond acceptors (Lipinski definition) is 5. The van der Waals surface area contributed by atoms with Gasteiger partial charge in [0.15, 0.2) is 14.6 Å². The van der Waals surface area contributed by atoms with Gasteiger partial charge < -0.3 is 23.4 Å². The molecule has 1 aliphatic rings. The van der Waals surface area contributed by atoms with Gasteiger partial charge in [-0.25, -0.2) is 0 Å². The summed E-state index contributed by atoms with van der Waals surface area (Å²) in [7, 11) is -4.34. The van der Waals surface area contributed by atoms with E-state index in [1.807, 2.05) is 18.2 Å². The van der Waals surface area contributed by atoms with E-state index in [9.17, 15) is 5.11 Å². The van der Waals surface area contributed by atoms with Crippen LogP contribution in [0.25, 0.3) is 0 Å². The van der Waals surface area contributed by atoms with Crippen LogP contribution in [-0.4, -0.2) is 53.0 Å². The molecule has 0 saturated carbocycles. The summed E-state index contributed by atoms with van der Waals surface area (Å²) in [6.45, 7) is 28.5. The van der Waals surface area contributed by atoms with E-state index in [4.69, 9.17) is 18.3 Å². The summed E-state index contributed by atoms with van der Waals surface area (Å²) in [5.74, 6) is 0. The van der Waals surface area contributed by atoms with E-state index in [0.29, 0.717) is 52.9 Å². The molecule has 4 atom stereocenters. The monoisotopic (exact) mass is 566 g/mol. The first-order valence-electron chi connectivity index (χ1n) is 15.0. The number of rotatable bonds is 14. The van der Waals surface area contributed by atoms with Crippen LogP contribution in [0.2, 0.25) is 33.2 Å². The van der Waals surface area contributed by atoms with Gasteiger partial charge in [-0.15, -0.1) is 0 Å². The van der Waals surface area contributed by atoms with E-state index in [-0.39, 0.29) is 12.2 Å². The normalized spacial score (nSPS) is 23.6. The van der Waals surface area contributed by atoms with Crippen molar-refractivity contribution in [3.63, 3.8) is 0 Å². The Kier molecular flexibility index (Phi) is 12.7. The van der Waals surface area contributed by atoms with Crippen molar-refractivity contribution in [1.29, 1.82) is 0 Å². The zero-order valence-electron chi connectivity index (χ0n) is 26.4. The maximum Gasteiger partial charge on any atom is 0.200 e. The van der Waals surface area contributed by atoms with Gasteiger partial charge >= 0.3 is 0 Å². The summed E-state index contributed by atoms with van der Waals surface area (Å²) >= 11 is 0. The Morgan fingerprint density at radius 1 is 0.763 bits per heavy atom. The molecule has 0 radical (unpaired) electrons. The molecule has 0 bridgehead atoms. The third-order valence-electron chi connectivity index (χ3n) is 9.05. The van der Waals surface area contributed by atoms with Crippen LogP contribution in [-0.2, 0) is 24.9 Å². The quantitative estimate of drug-likeness (QED) is 0.229. The van der Waals surface area contributed by atoms with E-state index in [0.717, 1.165) is 5.56 Å². The molecule has 1 aromatic rings. The number of benzene rings is 1. The number of ether oxygens (including phenoxy) is 2. The van der Waals surface area contributed by atoms with Gasteiger partial charge in [0.2, 0.25) is 8.32 Å². The average molecular weight is 567 g/mol. The maximum absolute atomic E-state index is 10.9. The number of hydrogen-bond donors (Lipinski definition) is 1. The molecule has 2 rings (SSSR count). The molecule has 38 heavy (non-hydrogen) atoms. The molecule has 0 amide bonds. The zero-order valence-corrected chi connectivity index (χ0v) is 28.4. The summed E-state index contributed by atoms with van der Waals surface area (Å²) in [4.78, 5) is 0. The Morgan fingerprint density at radius 2 is 1.24 bits per heavy atom. The van der Waals surface area contributed by atoms with Gasteiger partial charge in [-0.05, 0) is 38.8 Å². The highest BCUT2D eigenvalue weighted by Crippen LogP contribution is 2.46. The fourth-order valence-corrected chi connectivity index (χ4v) is 18.6. The number of aliphatic hydroxyl groups excluding tert-OH is 1. The standard InChI is InChI=1S/C31H58O5Si2/c1-21(2)37(22(3)4,23(5)6)34-20-29-31(33-19-27-16-14-13-15-17-27)28(18-30(32)35-29)36-38(24(7)8,25(9)10)26(11)12/h13-17,21-26,28-32H,18-20H2,1-12H3/t28-,29-,30?,31+/m1/s1. The van der Waals surface area contributed by atoms with Crippen LogP contribution in [0.1, 0.15) is 95.1 Å². The third-order valence-corrected chi connectivity index (χ3v) is 21.3. The molecule has 1 unspecified atom stereocenters. The molecule has 1 fully saturated rings. The van der Waals surface area contributed by atoms with Gasteiger partial charge in [0, 0.05) is 6.42 Å². The highest BCUT2D eigenvalue weighted by molar-refractivity contribution is 6.78. The Bertz CT molecular complexity index is 768. The van der Waals surface area contributed by atoms with E-state index in [1.165, 1.54) is 0 Å². The molecule has 1 aromatic carbocycles. The van der Waals surface area contributed by atoms with Crippen molar-refractivity contribution < 1.29 is 23.4 Å². The van der Waals surface area contributed by atoms with E-state index in [2.05, 4.69) is 95.2 Å². The summed E-state index contributed by atoms with van der Waals surface area (Å²) < 4.78 is 27.1. The fourth-order valence-electron chi connectivity index (χ4n) is 7.53. The van der Waals surface area contributed by atoms with Crippen LogP contribution in [0.4, 0.5) is 0 Å². The molecule has 220 valence electrons. The summed E-state index contributed by atoms with van der Waals surface area (Å²) in [5.41, 5.74) is 3.84. The topological polar surface area (TPSA) is 57.2 Å². The van der Waals surface area contributed by atoms with Crippen LogP contribution in [0.3, 0.4) is 0 Å². The summed E-state index contributed by atoms with van der Waals surface area (Å²) in [6, 6.07) is 10.3. The molecule has 0 spiro atoms. The second-order valence-corrected chi connectivity index (χ2v) is 24.1. The Labute approximate surface area is 236 Å². The molecule has 1 saturated heterocycles. The van der Waals surface area contributed by atoms with Crippen LogP contribution in [0, 0.1) is 0 Å². The summed E-state index contributed by atoms with van der Waals surface area (Å²) in [6.07, 6.45) is -1.44. The molecule has 0 aliphatic carbocycles. The fraction of sp³-hybridized carbons (Fsp3) is 0.806. The minimum Gasteiger partial charge on any atom is -0.413 e. The first-order chi connectivity index (χ1) is 17.7. The van der Waals surface area contributed by atoms with Gasteiger partial charge in [0.25, 0.3) is 0 Å². The second-order valence-electron chi connectivity index (χ2n) is 13.2. The minimum absolute atomic E-state index is 0.247. The lowest BCUT2D eigenvalue weighted by Gasteiger charge is -2.50. The van der Waals surface area contributed by atoms with Crippen LogP contribution in [0.15, 0.2) is 30.3 Å². The molecule has 1 heterocycles. The van der Waals surface area contributed by atoms with Gasteiger partial charge in [0.05, 0.1) is 19.3 Å². The highest BCUT2D eigenvalue weighted by Gasteiger charge is 2.52. The highest BCUT2D eigenvalue weighted by atomic mass is 28.4. The van der Waals surface area contributed by atoms with Gasteiger partial charge in [0.1, 0.15) is 12.2 Å². The zero-order chi connectivity index (χ0) is 28.8. The molecule has 0 aromatic heterocycles. The predicted molar refractivity (Wildman–Crippen MR) is 163 cm³/mol. The SMILES string of the molecule is CC(C)[Si](OC[C@H]1OC(O)C[C@@H](O[Si](C(C)C)(C(C)C)C(C)C)[C@@H]1OCc1ccccc1)(C(C)C)C(C)C. The van der Waals surface area contributed by atoms with E-state index in [1.54, 1.807) is 0 Å². The molecule has 1 aliphatic heterocycles. The molecule has 5 nitrogen and oxygen atoms in total.